The highest BCUT2D eigenvalue weighted by Gasteiger charge is 2.25. The van der Waals surface area contributed by atoms with Crippen LogP contribution in [0.1, 0.15) is 35.6 Å². The van der Waals surface area contributed by atoms with Crippen molar-refractivity contribution in [3.63, 3.8) is 0 Å². The van der Waals surface area contributed by atoms with Crippen molar-refractivity contribution in [1.82, 2.24) is 15.1 Å². The van der Waals surface area contributed by atoms with Gasteiger partial charge in [-0.3, -0.25) is 4.90 Å². The first-order valence-corrected chi connectivity index (χ1v) is 10.9. The average Bonchev–Trinajstić information content (AvgIpc) is 2.76. The molecule has 0 saturated carbocycles. The highest BCUT2D eigenvalue weighted by molar-refractivity contribution is 5.86. The third kappa shape index (κ3) is 8.99. The summed E-state index contributed by atoms with van der Waals surface area (Å²) in [5.74, 6) is 0.165. The number of ether oxygens (including phenoxy) is 1. The van der Waals surface area contributed by atoms with E-state index in [2.05, 4.69) is 28.2 Å². The molecule has 10 heteroatoms. The second-order valence-corrected chi connectivity index (χ2v) is 8.53. The monoisotopic (exact) mass is 557 g/mol. The number of nitrogens with one attached hydrogen (secondary N) is 1. The number of likely N-dealkylation sites (N-methyl/N-ethyl adjacent to an activating group) is 1. The fraction of sp³-hybridized carbons (Fsp3) is 0.500. The summed E-state index contributed by atoms with van der Waals surface area (Å²) in [6, 6.07) is 13.0. The number of piperazine rings is 1. The van der Waals surface area contributed by atoms with Gasteiger partial charge in [0.05, 0.1) is 6.10 Å². The second kappa shape index (κ2) is 16.0. The Morgan fingerprint density at radius 2 is 1.74 bits per heavy atom. The van der Waals surface area contributed by atoms with E-state index in [4.69, 9.17) is 4.74 Å². The van der Waals surface area contributed by atoms with Gasteiger partial charge in [0.15, 0.2) is 0 Å². The minimum absolute atomic E-state index is 0. The predicted octanol–water partition coefficient (Wildman–Crippen LogP) is 4.98. The lowest BCUT2D eigenvalue weighted by Crippen LogP contribution is -2.43. The first-order chi connectivity index (χ1) is 14.6. The SMILES string of the molecule is CN1CCN(Cc2cc(CNC3CCOC(c4ccccc4F)C3)ccc2O)CC1.Cl.Cl.Cl.Cl. The van der Waals surface area contributed by atoms with Gasteiger partial charge in [-0.15, -0.1) is 49.6 Å². The number of phenolic OH excluding ortho intramolecular Hbond substituents is 1. The lowest BCUT2D eigenvalue weighted by molar-refractivity contribution is -0.00197. The van der Waals surface area contributed by atoms with Gasteiger partial charge in [0.2, 0.25) is 0 Å². The number of phenols is 1. The van der Waals surface area contributed by atoms with Crippen molar-refractivity contribution >= 4 is 49.6 Å². The fourth-order valence-electron chi connectivity index (χ4n) is 4.32. The molecule has 2 unspecified atom stereocenters. The molecule has 2 aliphatic heterocycles. The normalized spacial score (nSPS) is 20.8. The van der Waals surface area contributed by atoms with Crippen LogP contribution in [0.2, 0.25) is 0 Å². The molecule has 0 amide bonds. The third-order valence-corrected chi connectivity index (χ3v) is 6.26. The van der Waals surface area contributed by atoms with Crippen LogP contribution in [0.15, 0.2) is 42.5 Å². The summed E-state index contributed by atoms with van der Waals surface area (Å²) in [5.41, 5.74) is 2.78. The summed E-state index contributed by atoms with van der Waals surface area (Å²) in [4.78, 5) is 4.73. The molecule has 0 radical (unpaired) electrons. The molecule has 0 aromatic heterocycles. The van der Waals surface area contributed by atoms with Crippen molar-refractivity contribution in [2.24, 2.45) is 0 Å². The van der Waals surface area contributed by atoms with Crippen LogP contribution >= 0.6 is 49.6 Å². The molecule has 5 nitrogen and oxygen atoms in total. The van der Waals surface area contributed by atoms with Gasteiger partial charge in [-0.25, -0.2) is 4.39 Å². The number of hydrogen-bond acceptors (Lipinski definition) is 5. The van der Waals surface area contributed by atoms with Crippen molar-refractivity contribution in [3.8, 4) is 5.75 Å². The van der Waals surface area contributed by atoms with Crippen molar-refractivity contribution in [2.75, 3.05) is 39.8 Å². The van der Waals surface area contributed by atoms with Gasteiger partial charge < -0.3 is 20.1 Å². The van der Waals surface area contributed by atoms with E-state index in [1.807, 2.05) is 18.2 Å². The molecule has 34 heavy (non-hydrogen) atoms. The molecule has 0 aliphatic carbocycles. The molecule has 2 atom stereocenters. The molecule has 2 aliphatic rings. The quantitative estimate of drug-likeness (QED) is 0.524. The Hall–Kier alpha value is -0.830. The molecule has 194 valence electrons. The van der Waals surface area contributed by atoms with E-state index in [-0.39, 0.29) is 67.6 Å². The fourth-order valence-corrected chi connectivity index (χ4v) is 4.32. The number of halogens is 5. The Labute approximate surface area is 227 Å². The lowest BCUT2D eigenvalue weighted by Gasteiger charge is -2.32. The molecule has 2 N–H and O–H groups in total. The first kappa shape index (κ1) is 33.2. The van der Waals surface area contributed by atoms with Crippen molar-refractivity contribution in [1.29, 1.82) is 0 Å². The smallest absolute Gasteiger partial charge is 0.129 e. The Morgan fingerprint density at radius 1 is 1.03 bits per heavy atom. The van der Waals surface area contributed by atoms with Crippen molar-refractivity contribution < 1.29 is 14.2 Å². The zero-order chi connectivity index (χ0) is 20.9. The maximum absolute atomic E-state index is 14.1. The molecule has 4 rings (SSSR count). The van der Waals surface area contributed by atoms with Gasteiger partial charge in [0, 0.05) is 63.0 Å². The molecule has 2 fully saturated rings. The standard InChI is InChI=1S/C24H32FN3O2.4ClH/c1-27-9-11-28(12-10-27)17-19-14-18(6-7-23(19)29)16-26-20-8-13-30-24(15-20)21-4-2-3-5-22(21)25;;;;/h2-7,14,20,24,26,29H,8-13,15-17H2,1H3;4*1H. The van der Waals surface area contributed by atoms with Gasteiger partial charge >= 0.3 is 0 Å². The van der Waals surface area contributed by atoms with E-state index >= 15 is 0 Å². The first-order valence-electron chi connectivity index (χ1n) is 10.9. The van der Waals surface area contributed by atoms with Crippen LogP contribution in [-0.2, 0) is 17.8 Å². The molecule has 0 bridgehead atoms. The van der Waals surface area contributed by atoms with Crippen LogP contribution in [0.4, 0.5) is 4.39 Å². The number of rotatable bonds is 6. The van der Waals surface area contributed by atoms with Crippen molar-refractivity contribution in [2.45, 2.75) is 38.1 Å². The minimum atomic E-state index is -0.204. The van der Waals surface area contributed by atoms with Crippen LogP contribution < -0.4 is 5.32 Å². The molecule has 2 aromatic rings. The predicted molar refractivity (Wildman–Crippen MR) is 145 cm³/mol. The van der Waals surface area contributed by atoms with Crippen LogP contribution in [-0.4, -0.2) is 60.8 Å². The van der Waals surface area contributed by atoms with E-state index in [9.17, 15) is 9.50 Å². The zero-order valence-corrected chi connectivity index (χ0v) is 22.6. The van der Waals surface area contributed by atoms with Crippen LogP contribution in [0, 0.1) is 5.82 Å². The summed E-state index contributed by atoms with van der Waals surface area (Å²) in [7, 11) is 2.15. The van der Waals surface area contributed by atoms with Gasteiger partial charge in [-0.05, 0) is 43.7 Å². The summed E-state index contributed by atoms with van der Waals surface area (Å²) in [6.45, 7) is 6.31. The number of aromatic hydroxyl groups is 1. The van der Waals surface area contributed by atoms with E-state index in [0.29, 0.717) is 17.9 Å². The Bertz CT molecular complexity index is 857. The van der Waals surface area contributed by atoms with Crippen LogP contribution in [0.3, 0.4) is 0 Å². The van der Waals surface area contributed by atoms with Crippen molar-refractivity contribution in [3.05, 3.63) is 65.0 Å². The zero-order valence-electron chi connectivity index (χ0n) is 19.3. The average molecular weight is 559 g/mol. The minimum Gasteiger partial charge on any atom is -0.508 e. The third-order valence-electron chi connectivity index (χ3n) is 6.26. The Morgan fingerprint density at radius 3 is 2.44 bits per heavy atom. The van der Waals surface area contributed by atoms with E-state index in [1.165, 1.54) is 6.07 Å². The molecule has 2 aromatic carbocycles. The maximum Gasteiger partial charge on any atom is 0.129 e. The van der Waals surface area contributed by atoms with Crippen LogP contribution in [0.25, 0.3) is 0 Å². The second-order valence-electron chi connectivity index (χ2n) is 8.53. The topological polar surface area (TPSA) is 48.0 Å². The Kier molecular flexibility index (Phi) is 15.6. The molecular formula is C24H36Cl4FN3O2. The van der Waals surface area contributed by atoms with E-state index in [1.54, 1.807) is 12.1 Å². The summed E-state index contributed by atoms with van der Waals surface area (Å²) < 4.78 is 19.9. The lowest BCUT2D eigenvalue weighted by atomic mass is 9.97. The number of nitrogens with zero attached hydrogens (tertiary/aromatic N) is 2. The van der Waals surface area contributed by atoms with Gasteiger partial charge in [0.25, 0.3) is 0 Å². The summed E-state index contributed by atoms with van der Waals surface area (Å²) in [5, 5.41) is 13.9. The highest BCUT2D eigenvalue weighted by Crippen LogP contribution is 2.30. The molecule has 2 saturated heterocycles. The van der Waals surface area contributed by atoms with Crippen LogP contribution in [0.5, 0.6) is 5.75 Å². The largest absolute Gasteiger partial charge is 0.508 e. The molecular weight excluding hydrogens is 523 g/mol. The molecule has 0 spiro atoms. The maximum atomic E-state index is 14.1. The highest BCUT2D eigenvalue weighted by atomic mass is 35.5. The number of benzene rings is 2. The van der Waals surface area contributed by atoms with E-state index < -0.39 is 0 Å². The molecule has 2 heterocycles. The summed E-state index contributed by atoms with van der Waals surface area (Å²) >= 11 is 0. The van der Waals surface area contributed by atoms with Gasteiger partial charge in [-0.1, -0.05) is 24.3 Å². The number of hydrogen-bond donors (Lipinski definition) is 2. The van der Waals surface area contributed by atoms with E-state index in [0.717, 1.165) is 63.2 Å². The van der Waals surface area contributed by atoms with Gasteiger partial charge in [-0.2, -0.15) is 0 Å². The van der Waals surface area contributed by atoms with Gasteiger partial charge in [0.1, 0.15) is 11.6 Å². The summed E-state index contributed by atoms with van der Waals surface area (Å²) in [6.07, 6.45) is 1.47. The Balaban J connectivity index is 0.00000272.